The first kappa shape index (κ1) is 36.3. The number of carbonyl (C=O) groups excluding carboxylic acids is 2. The largest absolute Gasteiger partial charge is 0.481 e. The Bertz CT molecular complexity index is 1270. The van der Waals surface area contributed by atoms with E-state index in [1.165, 1.54) is 12.5 Å². The number of carbonyl (C=O) groups is 3. The molecular weight excluding hydrogens is 598 g/mol. The first-order chi connectivity index (χ1) is 21.9. The van der Waals surface area contributed by atoms with E-state index >= 15 is 0 Å². The first-order valence-electron chi connectivity index (χ1n) is 18.0. The van der Waals surface area contributed by atoms with Crippen molar-refractivity contribution in [3.05, 3.63) is 11.6 Å². The Morgan fingerprint density at radius 3 is 2.40 bits per heavy atom. The van der Waals surface area contributed by atoms with Gasteiger partial charge in [-0.15, -0.1) is 0 Å². The van der Waals surface area contributed by atoms with Crippen LogP contribution in [0.3, 0.4) is 0 Å². The number of esters is 1. The van der Waals surface area contributed by atoms with Crippen molar-refractivity contribution in [2.75, 3.05) is 32.9 Å². The number of allylic oxidation sites excluding steroid dienone is 1. The van der Waals surface area contributed by atoms with Crippen LogP contribution in [0.4, 0.5) is 0 Å². The van der Waals surface area contributed by atoms with Gasteiger partial charge in [-0.05, 0) is 78.4 Å². The lowest BCUT2D eigenvalue weighted by molar-refractivity contribution is -0.266. The molecule has 1 heterocycles. The first-order valence-corrected chi connectivity index (χ1v) is 18.0. The molecular formula is C37H61N3O7. The smallest absolute Gasteiger partial charge is 0.307 e. The van der Waals surface area contributed by atoms with E-state index in [9.17, 15) is 19.5 Å². The zero-order valence-corrected chi connectivity index (χ0v) is 30.0. The van der Waals surface area contributed by atoms with Gasteiger partial charge in [0.1, 0.15) is 12.2 Å². The van der Waals surface area contributed by atoms with Crippen LogP contribution in [0.25, 0.3) is 0 Å². The summed E-state index contributed by atoms with van der Waals surface area (Å²) in [6, 6.07) is -0.770. The van der Waals surface area contributed by atoms with E-state index in [1.54, 1.807) is 0 Å². The molecule has 266 valence electrons. The minimum Gasteiger partial charge on any atom is -0.481 e. The quantitative estimate of drug-likeness (QED) is 0.152. The van der Waals surface area contributed by atoms with Gasteiger partial charge in [0, 0.05) is 30.8 Å². The molecule has 47 heavy (non-hydrogen) atoms. The molecule has 1 unspecified atom stereocenters. The van der Waals surface area contributed by atoms with Crippen LogP contribution in [0.1, 0.15) is 93.9 Å². The molecule has 5 aliphatic rings. The number of nitrogens with two attached hydrogens (primary N) is 2. The Balaban J connectivity index is 1.50. The summed E-state index contributed by atoms with van der Waals surface area (Å²) in [7, 11) is 0. The molecule has 4 fully saturated rings. The monoisotopic (exact) mass is 659 g/mol. The van der Waals surface area contributed by atoms with E-state index in [2.05, 4.69) is 59.9 Å². The minimum absolute atomic E-state index is 0.0609. The molecule has 3 saturated carbocycles. The fourth-order valence-electron chi connectivity index (χ4n) is 11.8. The third-order valence-corrected chi connectivity index (χ3v) is 14.7. The van der Waals surface area contributed by atoms with Crippen molar-refractivity contribution < 1.29 is 33.7 Å². The molecule has 1 saturated heterocycles. The summed E-state index contributed by atoms with van der Waals surface area (Å²) in [5, 5.41) is 13.7. The van der Waals surface area contributed by atoms with Crippen molar-refractivity contribution in [1.82, 2.24) is 5.32 Å². The summed E-state index contributed by atoms with van der Waals surface area (Å²) in [4.78, 5) is 38.1. The van der Waals surface area contributed by atoms with Gasteiger partial charge in [-0.25, -0.2) is 0 Å². The predicted molar refractivity (Wildman–Crippen MR) is 179 cm³/mol. The Morgan fingerprint density at radius 1 is 1.09 bits per heavy atom. The molecule has 12 atom stereocenters. The van der Waals surface area contributed by atoms with Gasteiger partial charge in [0.2, 0.25) is 5.91 Å². The standard InChI is InChI=1S/C37H61N3O7/c1-21(2)22(3)33(5)13-14-35(7)24-9-10-28-34(6)19-45-20-37(28,25(24)11-12-36(35,8)29(33)32(43)44)17-27(47-23(4)41)30(34)46-16-15-40-31(42)26(39)18-38/h11,21-22,24,26-30H,9-10,12-20,38-39H2,1-8H3,(H,40,42)(H,43,44)/t22-,24+,26?,27-,28+,29-,30+,33-,34-,35-,36+,37+/m1/s1. The number of carboxylic acid groups (broad SMARTS) is 1. The van der Waals surface area contributed by atoms with Crippen molar-refractivity contribution >= 4 is 17.8 Å². The highest BCUT2D eigenvalue weighted by molar-refractivity contribution is 5.81. The van der Waals surface area contributed by atoms with Gasteiger partial charge in [-0.1, -0.05) is 60.1 Å². The molecule has 0 aromatic heterocycles. The van der Waals surface area contributed by atoms with E-state index in [0.29, 0.717) is 32.0 Å². The van der Waals surface area contributed by atoms with Crippen molar-refractivity contribution in [2.24, 2.45) is 68.1 Å². The Morgan fingerprint density at radius 2 is 1.79 bits per heavy atom. The second kappa shape index (κ2) is 12.7. The van der Waals surface area contributed by atoms with Crippen LogP contribution in [-0.2, 0) is 28.6 Å². The fraction of sp³-hybridized carbons (Fsp3) is 0.865. The SMILES string of the molecule is CC(=O)O[C@@H]1C[C@@]23COC[C@](C)([C@@H]2CC[C@H]2C3=CC[C@@]3(C)[C@H](C(=O)O)[C@@](C)([C@H](C)C(C)C)CC[C@]23C)[C@H]1OCCNC(=O)C(N)CN. The second-order valence-electron chi connectivity index (χ2n) is 17.1. The van der Waals surface area contributed by atoms with Gasteiger partial charge in [-0.2, -0.15) is 0 Å². The number of nitrogens with one attached hydrogen (secondary N) is 1. The molecule has 1 amide bonds. The zero-order valence-electron chi connectivity index (χ0n) is 30.0. The van der Waals surface area contributed by atoms with Crippen LogP contribution in [0.15, 0.2) is 11.6 Å². The molecule has 0 aromatic rings. The van der Waals surface area contributed by atoms with E-state index in [-0.39, 0.29) is 65.6 Å². The number of ether oxygens (including phenoxy) is 3. The number of rotatable bonds is 10. The van der Waals surface area contributed by atoms with E-state index in [0.717, 1.165) is 25.7 Å². The number of hydrogen-bond donors (Lipinski definition) is 4. The van der Waals surface area contributed by atoms with Gasteiger partial charge in [0.15, 0.2) is 0 Å². The normalized spacial score (nSPS) is 43.8. The number of fused-ring (bicyclic) bond motifs is 3. The molecule has 0 aromatic carbocycles. The molecule has 0 radical (unpaired) electrons. The van der Waals surface area contributed by atoms with Gasteiger partial charge >= 0.3 is 11.9 Å². The third kappa shape index (κ3) is 5.48. The molecule has 1 aliphatic heterocycles. The highest BCUT2D eigenvalue weighted by Crippen LogP contribution is 2.75. The Labute approximate surface area is 281 Å². The lowest BCUT2D eigenvalue weighted by Crippen LogP contribution is -2.70. The third-order valence-electron chi connectivity index (χ3n) is 14.7. The average Bonchev–Trinajstić information content (AvgIpc) is 2.99. The highest BCUT2D eigenvalue weighted by Gasteiger charge is 2.72. The number of carboxylic acids is 1. The van der Waals surface area contributed by atoms with Crippen LogP contribution in [0, 0.1) is 56.7 Å². The lowest BCUT2D eigenvalue weighted by atomic mass is 9.34. The Kier molecular flexibility index (Phi) is 9.81. The maximum absolute atomic E-state index is 13.3. The van der Waals surface area contributed by atoms with Crippen LogP contribution in [-0.4, -0.2) is 74.1 Å². The van der Waals surface area contributed by atoms with Gasteiger partial charge in [-0.3, -0.25) is 14.4 Å². The van der Waals surface area contributed by atoms with Gasteiger partial charge in [0.05, 0.1) is 31.8 Å². The van der Waals surface area contributed by atoms with E-state index in [4.69, 9.17) is 25.7 Å². The maximum Gasteiger partial charge on any atom is 0.307 e. The van der Waals surface area contributed by atoms with Crippen molar-refractivity contribution in [1.29, 1.82) is 0 Å². The van der Waals surface area contributed by atoms with Crippen molar-refractivity contribution in [3.63, 3.8) is 0 Å². The lowest BCUT2D eigenvalue weighted by Gasteiger charge is -2.71. The molecule has 10 nitrogen and oxygen atoms in total. The van der Waals surface area contributed by atoms with Crippen LogP contribution in [0.2, 0.25) is 0 Å². The number of hydrogen-bond acceptors (Lipinski definition) is 8. The number of aliphatic carboxylic acids is 1. The summed E-state index contributed by atoms with van der Waals surface area (Å²) in [6.07, 6.45) is 6.66. The Hall–Kier alpha value is -2.01. The van der Waals surface area contributed by atoms with Crippen molar-refractivity contribution in [3.8, 4) is 0 Å². The summed E-state index contributed by atoms with van der Waals surface area (Å²) in [5.74, 6) is -0.637. The minimum atomic E-state index is -0.770. The topological polar surface area (TPSA) is 163 Å². The van der Waals surface area contributed by atoms with Gasteiger partial charge in [0.25, 0.3) is 0 Å². The summed E-state index contributed by atoms with van der Waals surface area (Å²) in [5.41, 5.74) is 11.0. The van der Waals surface area contributed by atoms with Crippen LogP contribution in [0.5, 0.6) is 0 Å². The molecule has 4 aliphatic carbocycles. The average molecular weight is 660 g/mol. The molecule has 2 bridgehead atoms. The summed E-state index contributed by atoms with van der Waals surface area (Å²) < 4.78 is 19.1. The van der Waals surface area contributed by atoms with Gasteiger partial charge < -0.3 is 36.1 Å². The molecule has 6 N–H and O–H groups in total. The summed E-state index contributed by atoms with van der Waals surface area (Å²) in [6.45, 7) is 18.9. The van der Waals surface area contributed by atoms with Crippen molar-refractivity contribution in [2.45, 2.75) is 112 Å². The zero-order chi connectivity index (χ0) is 34.7. The fourth-order valence-corrected chi connectivity index (χ4v) is 11.8. The molecule has 0 spiro atoms. The van der Waals surface area contributed by atoms with E-state index < -0.39 is 41.0 Å². The summed E-state index contributed by atoms with van der Waals surface area (Å²) >= 11 is 0. The molecule has 5 rings (SSSR count). The van der Waals surface area contributed by atoms with Crippen LogP contribution < -0.4 is 16.8 Å². The maximum atomic E-state index is 13.3. The number of amides is 1. The van der Waals surface area contributed by atoms with E-state index in [1.807, 2.05) is 0 Å². The second-order valence-corrected chi connectivity index (χ2v) is 17.1. The highest BCUT2D eigenvalue weighted by atomic mass is 16.6. The van der Waals surface area contributed by atoms with Crippen LogP contribution >= 0.6 is 0 Å². The molecule has 10 heteroatoms. The predicted octanol–water partition coefficient (Wildman–Crippen LogP) is 4.29.